The molecule has 1 saturated heterocycles. The molecule has 0 aliphatic carbocycles. The molecule has 1 heterocycles. The highest BCUT2D eigenvalue weighted by molar-refractivity contribution is 5.69. The van der Waals surface area contributed by atoms with Crippen LogP contribution >= 0.6 is 0 Å². The van der Waals surface area contributed by atoms with Crippen LogP contribution in [-0.4, -0.2) is 42.0 Å². The first-order chi connectivity index (χ1) is 8.66. The summed E-state index contributed by atoms with van der Waals surface area (Å²) in [5.74, 6) is -1.71. The lowest BCUT2D eigenvalue weighted by Gasteiger charge is -2.32. The van der Waals surface area contributed by atoms with Gasteiger partial charge in [-0.3, -0.25) is 14.4 Å². The van der Waals surface area contributed by atoms with Crippen LogP contribution in [0.2, 0.25) is 0 Å². The van der Waals surface area contributed by atoms with Crippen LogP contribution in [0.3, 0.4) is 0 Å². The van der Waals surface area contributed by atoms with Crippen molar-refractivity contribution in [2.24, 2.45) is 0 Å². The number of carbonyl (C=O) groups excluding carboxylic acids is 3. The normalized spacial score (nSPS) is 33.6. The number of carbonyl (C=O) groups is 3. The highest BCUT2D eigenvalue weighted by Crippen LogP contribution is 2.37. The molecule has 0 bridgehead atoms. The number of ether oxygens (including phenoxy) is 4. The lowest BCUT2D eigenvalue weighted by molar-refractivity contribution is -0.219. The van der Waals surface area contributed by atoms with Gasteiger partial charge in [0.05, 0.1) is 0 Å². The SMILES string of the molecule is CC(=O)O[C@@H]1O[C@H](C)[C@@H](OC(C)=O)[C@@]1(C)OC(C)=O. The van der Waals surface area contributed by atoms with E-state index in [9.17, 15) is 14.4 Å². The topological polar surface area (TPSA) is 88.1 Å². The molecular formula is C12H18O7. The van der Waals surface area contributed by atoms with Gasteiger partial charge in [-0.15, -0.1) is 0 Å². The van der Waals surface area contributed by atoms with Crippen LogP contribution in [0.4, 0.5) is 0 Å². The standard InChI is InChI=1S/C12H18O7/c1-6-10(17-7(2)13)12(5,19-9(4)15)11(16-6)18-8(3)14/h6,10-11H,1-5H3/t6-,10-,11+,12-/m1/s1. The van der Waals surface area contributed by atoms with Gasteiger partial charge in [-0.05, 0) is 13.8 Å². The van der Waals surface area contributed by atoms with Gasteiger partial charge in [0, 0.05) is 20.8 Å². The molecule has 4 atom stereocenters. The van der Waals surface area contributed by atoms with Crippen molar-refractivity contribution in [2.45, 2.75) is 58.7 Å². The van der Waals surface area contributed by atoms with Crippen LogP contribution in [0.5, 0.6) is 0 Å². The summed E-state index contributed by atoms with van der Waals surface area (Å²) in [6.45, 7) is 6.79. The van der Waals surface area contributed by atoms with Crippen LogP contribution in [0.1, 0.15) is 34.6 Å². The second-order valence-corrected chi connectivity index (χ2v) is 4.59. The first kappa shape index (κ1) is 15.4. The first-order valence-electron chi connectivity index (χ1n) is 5.86. The van der Waals surface area contributed by atoms with Crippen molar-refractivity contribution in [3.63, 3.8) is 0 Å². The number of hydrogen-bond donors (Lipinski definition) is 0. The maximum absolute atomic E-state index is 11.2. The summed E-state index contributed by atoms with van der Waals surface area (Å²) in [5, 5.41) is 0. The predicted octanol–water partition coefficient (Wildman–Crippen LogP) is 0.548. The molecule has 7 nitrogen and oxygen atoms in total. The minimum Gasteiger partial charge on any atom is -0.455 e. The number of rotatable bonds is 3. The number of hydrogen-bond acceptors (Lipinski definition) is 7. The fourth-order valence-electron chi connectivity index (χ4n) is 2.10. The maximum atomic E-state index is 11.2. The van der Waals surface area contributed by atoms with E-state index < -0.39 is 42.0 Å². The van der Waals surface area contributed by atoms with Crippen LogP contribution in [-0.2, 0) is 33.3 Å². The molecule has 108 valence electrons. The molecule has 7 heteroatoms. The molecule has 0 amide bonds. The van der Waals surface area contributed by atoms with Crippen LogP contribution < -0.4 is 0 Å². The zero-order chi connectivity index (χ0) is 14.8. The van der Waals surface area contributed by atoms with Gasteiger partial charge in [0.15, 0.2) is 6.10 Å². The van der Waals surface area contributed by atoms with E-state index in [-0.39, 0.29) is 0 Å². The smallest absolute Gasteiger partial charge is 0.305 e. The molecule has 0 aromatic heterocycles. The Bertz CT molecular complexity index is 392. The van der Waals surface area contributed by atoms with Crippen molar-refractivity contribution >= 4 is 17.9 Å². The van der Waals surface area contributed by atoms with Gasteiger partial charge in [-0.2, -0.15) is 0 Å². The molecule has 1 aliphatic heterocycles. The second kappa shape index (κ2) is 5.56. The summed E-state index contributed by atoms with van der Waals surface area (Å²) in [5.41, 5.74) is -1.37. The molecular weight excluding hydrogens is 256 g/mol. The summed E-state index contributed by atoms with van der Waals surface area (Å²) in [6, 6.07) is 0. The Morgan fingerprint density at radius 2 is 1.53 bits per heavy atom. The highest BCUT2D eigenvalue weighted by Gasteiger charge is 2.59. The Labute approximate surface area is 111 Å². The van der Waals surface area contributed by atoms with E-state index in [0.717, 1.165) is 0 Å². The molecule has 0 aromatic rings. The van der Waals surface area contributed by atoms with Crippen LogP contribution in [0, 0.1) is 0 Å². The van der Waals surface area contributed by atoms with E-state index >= 15 is 0 Å². The lowest BCUT2D eigenvalue weighted by atomic mass is 9.97. The maximum Gasteiger partial charge on any atom is 0.305 e. The lowest BCUT2D eigenvalue weighted by Crippen LogP contribution is -2.51. The molecule has 19 heavy (non-hydrogen) atoms. The monoisotopic (exact) mass is 274 g/mol. The quantitative estimate of drug-likeness (QED) is 0.548. The Hall–Kier alpha value is -1.63. The van der Waals surface area contributed by atoms with E-state index in [2.05, 4.69) is 0 Å². The third kappa shape index (κ3) is 3.44. The molecule has 0 spiro atoms. The van der Waals surface area contributed by atoms with Crippen molar-refractivity contribution in [3.05, 3.63) is 0 Å². The van der Waals surface area contributed by atoms with E-state index in [4.69, 9.17) is 18.9 Å². The molecule has 1 aliphatic rings. The Balaban J connectivity index is 3.03. The zero-order valence-electron chi connectivity index (χ0n) is 11.6. The third-order valence-electron chi connectivity index (χ3n) is 2.73. The highest BCUT2D eigenvalue weighted by atomic mass is 16.8. The Kier molecular flexibility index (Phi) is 4.52. The molecule has 0 aromatic carbocycles. The van der Waals surface area contributed by atoms with Crippen molar-refractivity contribution in [3.8, 4) is 0 Å². The zero-order valence-corrected chi connectivity index (χ0v) is 11.6. The molecule has 1 rings (SSSR count). The Morgan fingerprint density at radius 1 is 1.00 bits per heavy atom. The molecule has 0 saturated carbocycles. The van der Waals surface area contributed by atoms with Gasteiger partial charge in [0.25, 0.3) is 0 Å². The molecule has 0 N–H and O–H groups in total. The average molecular weight is 274 g/mol. The third-order valence-corrected chi connectivity index (χ3v) is 2.73. The number of esters is 3. The van der Waals surface area contributed by atoms with Crippen molar-refractivity contribution < 1.29 is 33.3 Å². The average Bonchev–Trinajstić information content (AvgIpc) is 2.40. The largest absolute Gasteiger partial charge is 0.455 e. The van der Waals surface area contributed by atoms with E-state index in [0.29, 0.717) is 0 Å². The fraction of sp³-hybridized carbons (Fsp3) is 0.750. The second-order valence-electron chi connectivity index (χ2n) is 4.59. The minimum atomic E-state index is -1.37. The Morgan fingerprint density at radius 3 is 1.95 bits per heavy atom. The molecule has 1 fully saturated rings. The predicted molar refractivity (Wildman–Crippen MR) is 61.8 cm³/mol. The summed E-state index contributed by atoms with van der Waals surface area (Å²) >= 11 is 0. The van der Waals surface area contributed by atoms with Gasteiger partial charge >= 0.3 is 17.9 Å². The molecule has 0 unspecified atom stereocenters. The van der Waals surface area contributed by atoms with E-state index in [1.807, 2.05) is 0 Å². The van der Waals surface area contributed by atoms with Crippen LogP contribution in [0.15, 0.2) is 0 Å². The van der Waals surface area contributed by atoms with Crippen molar-refractivity contribution in [1.82, 2.24) is 0 Å². The van der Waals surface area contributed by atoms with Gasteiger partial charge in [-0.25, -0.2) is 0 Å². The van der Waals surface area contributed by atoms with Gasteiger partial charge < -0.3 is 18.9 Å². The van der Waals surface area contributed by atoms with Gasteiger partial charge in [0.1, 0.15) is 6.10 Å². The summed E-state index contributed by atoms with van der Waals surface area (Å²) < 4.78 is 20.7. The summed E-state index contributed by atoms with van der Waals surface area (Å²) in [6.07, 6.45) is -2.54. The molecule has 0 radical (unpaired) electrons. The fourth-order valence-corrected chi connectivity index (χ4v) is 2.10. The van der Waals surface area contributed by atoms with Gasteiger partial charge in [-0.1, -0.05) is 0 Å². The van der Waals surface area contributed by atoms with E-state index in [1.54, 1.807) is 6.92 Å². The van der Waals surface area contributed by atoms with Crippen LogP contribution in [0.25, 0.3) is 0 Å². The van der Waals surface area contributed by atoms with E-state index in [1.165, 1.54) is 27.7 Å². The minimum absolute atomic E-state index is 0.540. The van der Waals surface area contributed by atoms with Gasteiger partial charge in [0.2, 0.25) is 11.9 Å². The summed E-state index contributed by atoms with van der Waals surface area (Å²) in [4.78, 5) is 33.4. The van der Waals surface area contributed by atoms with Crippen molar-refractivity contribution in [2.75, 3.05) is 0 Å². The first-order valence-corrected chi connectivity index (χ1v) is 5.86. The van der Waals surface area contributed by atoms with Crippen molar-refractivity contribution in [1.29, 1.82) is 0 Å². The summed E-state index contributed by atoms with van der Waals surface area (Å²) in [7, 11) is 0.